The Morgan fingerprint density at radius 2 is 1.97 bits per heavy atom. The first-order valence-electron chi connectivity index (χ1n) is 9.66. The van der Waals surface area contributed by atoms with Crippen LogP contribution in [0, 0.1) is 6.92 Å². The van der Waals surface area contributed by atoms with Gasteiger partial charge in [0.2, 0.25) is 0 Å². The first kappa shape index (κ1) is 20.5. The third kappa shape index (κ3) is 5.42. The van der Waals surface area contributed by atoms with Gasteiger partial charge in [0, 0.05) is 19.2 Å². The summed E-state index contributed by atoms with van der Waals surface area (Å²) in [6.07, 6.45) is 0.859. The zero-order chi connectivity index (χ0) is 20.6. The van der Waals surface area contributed by atoms with Crippen LogP contribution >= 0.6 is 0 Å². The molecule has 0 aliphatic heterocycles. The number of ether oxygens (including phenoxy) is 1. The molecule has 0 aliphatic carbocycles. The van der Waals surface area contributed by atoms with Crippen molar-refractivity contribution in [3.05, 3.63) is 71.5 Å². The quantitative estimate of drug-likeness (QED) is 0.566. The van der Waals surface area contributed by atoms with Crippen molar-refractivity contribution in [3.63, 3.8) is 0 Å². The van der Waals surface area contributed by atoms with E-state index in [9.17, 15) is 4.79 Å². The maximum atomic E-state index is 12.5. The van der Waals surface area contributed by atoms with Gasteiger partial charge in [0.05, 0.1) is 18.5 Å². The highest BCUT2D eigenvalue weighted by atomic mass is 16.5. The SMILES string of the molecule is COc1cccc(-n2nnc(C(=O)NCCCN(C)Cc3ccccc3)c2C)c1. The third-order valence-corrected chi connectivity index (χ3v) is 4.71. The minimum Gasteiger partial charge on any atom is -0.497 e. The molecule has 0 fully saturated rings. The Kier molecular flexibility index (Phi) is 6.97. The lowest BCUT2D eigenvalue weighted by atomic mass is 10.2. The lowest BCUT2D eigenvalue weighted by Crippen LogP contribution is -2.28. The van der Waals surface area contributed by atoms with E-state index in [1.54, 1.807) is 11.8 Å². The van der Waals surface area contributed by atoms with Gasteiger partial charge >= 0.3 is 0 Å². The van der Waals surface area contributed by atoms with Gasteiger partial charge in [0.1, 0.15) is 5.75 Å². The lowest BCUT2D eigenvalue weighted by Gasteiger charge is -2.16. The van der Waals surface area contributed by atoms with E-state index in [2.05, 4.69) is 39.7 Å². The van der Waals surface area contributed by atoms with Crippen LogP contribution in [0.15, 0.2) is 54.6 Å². The fourth-order valence-corrected chi connectivity index (χ4v) is 3.14. The molecule has 3 aromatic rings. The largest absolute Gasteiger partial charge is 0.497 e. The fraction of sp³-hybridized carbons (Fsp3) is 0.318. The minimum atomic E-state index is -0.206. The molecule has 0 radical (unpaired) electrons. The maximum absolute atomic E-state index is 12.5. The van der Waals surface area contributed by atoms with Crippen molar-refractivity contribution < 1.29 is 9.53 Å². The summed E-state index contributed by atoms with van der Waals surface area (Å²) in [4.78, 5) is 14.7. The number of methoxy groups -OCH3 is 1. The Balaban J connectivity index is 1.50. The average Bonchev–Trinajstić information content (AvgIpc) is 3.13. The summed E-state index contributed by atoms with van der Waals surface area (Å²) in [7, 11) is 3.70. The normalized spacial score (nSPS) is 10.9. The predicted octanol–water partition coefficient (Wildman–Crippen LogP) is 2.84. The number of nitrogens with one attached hydrogen (secondary N) is 1. The van der Waals surface area contributed by atoms with Crippen LogP contribution in [0.3, 0.4) is 0 Å². The van der Waals surface area contributed by atoms with Crippen molar-refractivity contribution in [2.75, 3.05) is 27.2 Å². The molecule has 3 rings (SSSR count). The smallest absolute Gasteiger partial charge is 0.273 e. The predicted molar refractivity (Wildman–Crippen MR) is 112 cm³/mol. The number of benzene rings is 2. The van der Waals surface area contributed by atoms with Gasteiger partial charge in [0.25, 0.3) is 5.91 Å². The van der Waals surface area contributed by atoms with Gasteiger partial charge in [-0.3, -0.25) is 4.79 Å². The second-order valence-corrected chi connectivity index (χ2v) is 6.97. The van der Waals surface area contributed by atoms with Crippen LogP contribution in [0.25, 0.3) is 5.69 Å². The number of hydrogen-bond donors (Lipinski definition) is 1. The second-order valence-electron chi connectivity index (χ2n) is 6.97. The zero-order valence-electron chi connectivity index (χ0n) is 17.1. The van der Waals surface area contributed by atoms with Crippen molar-refractivity contribution in [1.29, 1.82) is 0 Å². The highest BCUT2D eigenvalue weighted by molar-refractivity contribution is 5.93. The first-order valence-corrected chi connectivity index (χ1v) is 9.66. The highest BCUT2D eigenvalue weighted by Gasteiger charge is 2.17. The van der Waals surface area contributed by atoms with E-state index in [1.165, 1.54) is 5.56 Å². The number of rotatable bonds is 9. The summed E-state index contributed by atoms with van der Waals surface area (Å²) in [6, 6.07) is 17.8. The molecular formula is C22H27N5O2. The second kappa shape index (κ2) is 9.84. The monoisotopic (exact) mass is 393 g/mol. The molecule has 1 aromatic heterocycles. The highest BCUT2D eigenvalue weighted by Crippen LogP contribution is 2.18. The molecule has 1 heterocycles. The Morgan fingerprint density at radius 1 is 1.17 bits per heavy atom. The third-order valence-electron chi connectivity index (χ3n) is 4.71. The summed E-state index contributed by atoms with van der Waals surface area (Å²) < 4.78 is 6.89. The topological polar surface area (TPSA) is 72.3 Å². The van der Waals surface area contributed by atoms with Gasteiger partial charge in [-0.25, -0.2) is 4.68 Å². The summed E-state index contributed by atoms with van der Waals surface area (Å²) in [5.41, 5.74) is 3.11. The Morgan fingerprint density at radius 3 is 2.72 bits per heavy atom. The average molecular weight is 393 g/mol. The summed E-state index contributed by atoms with van der Waals surface area (Å²) in [5, 5.41) is 11.1. The van der Waals surface area contributed by atoms with E-state index < -0.39 is 0 Å². The van der Waals surface area contributed by atoms with Crippen molar-refractivity contribution in [1.82, 2.24) is 25.2 Å². The van der Waals surface area contributed by atoms with E-state index >= 15 is 0 Å². The molecule has 7 nitrogen and oxygen atoms in total. The Hall–Kier alpha value is -3.19. The maximum Gasteiger partial charge on any atom is 0.273 e. The molecule has 152 valence electrons. The van der Waals surface area contributed by atoms with Crippen molar-refractivity contribution in [3.8, 4) is 11.4 Å². The number of nitrogens with zero attached hydrogens (tertiary/aromatic N) is 4. The van der Waals surface area contributed by atoms with Crippen molar-refractivity contribution in [2.24, 2.45) is 0 Å². The van der Waals surface area contributed by atoms with Crippen LogP contribution in [-0.4, -0.2) is 53.0 Å². The van der Waals surface area contributed by atoms with Crippen LogP contribution in [0.4, 0.5) is 0 Å². The summed E-state index contributed by atoms with van der Waals surface area (Å²) >= 11 is 0. The standard InChI is InChI=1S/C22H27N5O2/c1-17-21(24-25-27(17)19-11-7-12-20(15-19)29-3)22(28)23-13-8-14-26(2)16-18-9-5-4-6-10-18/h4-7,9-12,15H,8,13-14,16H2,1-3H3,(H,23,28). The fourth-order valence-electron chi connectivity index (χ4n) is 3.14. The molecule has 0 unspecified atom stereocenters. The molecule has 29 heavy (non-hydrogen) atoms. The molecule has 7 heteroatoms. The van der Waals surface area contributed by atoms with Crippen molar-refractivity contribution >= 4 is 5.91 Å². The Bertz CT molecular complexity index is 939. The molecule has 1 amide bonds. The van der Waals surface area contributed by atoms with Crippen LogP contribution in [-0.2, 0) is 6.54 Å². The number of amides is 1. The molecule has 0 saturated carbocycles. The van der Waals surface area contributed by atoms with Gasteiger partial charge in [0.15, 0.2) is 5.69 Å². The molecule has 0 saturated heterocycles. The minimum absolute atomic E-state index is 0.206. The molecular weight excluding hydrogens is 366 g/mol. The van der Waals surface area contributed by atoms with E-state index in [-0.39, 0.29) is 5.91 Å². The van der Waals surface area contributed by atoms with Crippen molar-refractivity contribution in [2.45, 2.75) is 19.9 Å². The van der Waals surface area contributed by atoms with Gasteiger partial charge in [-0.05, 0) is 44.6 Å². The first-order chi connectivity index (χ1) is 14.1. The lowest BCUT2D eigenvalue weighted by molar-refractivity contribution is 0.0946. The van der Waals surface area contributed by atoms with E-state index in [4.69, 9.17) is 4.74 Å². The van der Waals surface area contributed by atoms with Gasteiger partial charge in [-0.2, -0.15) is 0 Å². The van der Waals surface area contributed by atoms with Crippen LogP contribution in [0.5, 0.6) is 5.75 Å². The van der Waals surface area contributed by atoms with E-state index in [1.807, 2.05) is 49.4 Å². The van der Waals surface area contributed by atoms with Crippen LogP contribution < -0.4 is 10.1 Å². The zero-order valence-corrected chi connectivity index (χ0v) is 17.1. The molecule has 0 bridgehead atoms. The molecule has 0 spiro atoms. The molecule has 2 aromatic carbocycles. The molecule has 0 aliphatic rings. The van der Waals surface area contributed by atoms with Crippen LogP contribution in [0.2, 0.25) is 0 Å². The summed E-state index contributed by atoms with van der Waals surface area (Å²) in [5.74, 6) is 0.519. The number of carbonyl (C=O) groups excluding carboxylic acids is 1. The number of hydrogen-bond acceptors (Lipinski definition) is 5. The number of aromatic nitrogens is 3. The van der Waals surface area contributed by atoms with Gasteiger partial charge in [-0.1, -0.05) is 41.6 Å². The van der Waals surface area contributed by atoms with Crippen LogP contribution in [0.1, 0.15) is 28.2 Å². The Labute approximate surface area is 171 Å². The molecule has 1 N–H and O–H groups in total. The number of carbonyl (C=O) groups is 1. The summed E-state index contributed by atoms with van der Waals surface area (Å²) in [6.45, 7) is 4.21. The van der Waals surface area contributed by atoms with Gasteiger partial charge in [-0.15, -0.1) is 5.10 Å². The van der Waals surface area contributed by atoms with E-state index in [0.29, 0.717) is 17.9 Å². The molecule has 0 atom stereocenters. The van der Waals surface area contributed by atoms with E-state index in [0.717, 1.165) is 30.9 Å². The van der Waals surface area contributed by atoms with Gasteiger partial charge < -0.3 is 15.0 Å².